The molecule has 0 aromatic heterocycles. The Bertz CT molecular complexity index is 671. The van der Waals surface area contributed by atoms with Crippen LogP contribution in [0.4, 0.5) is 0 Å². The highest BCUT2D eigenvalue weighted by Crippen LogP contribution is 2.31. The summed E-state index contributed by atoms with van der Waals surface area (Å²) in [5, 5.41) is 0. The zero-order chi connectivity index (χ0) is 15.7. The van der Waals surface area contributed by atoms with Crippen molar-refractivity contribution in [2.24, 2.45) is 5.92 Å². The van der Waals surface area contributed by atoms with Crippen LogP contribution in [-0.2, 0) is 21.1 Å². The minimum absolute atomic E-state index is 0.0173. The van der Waals surface area contributed by atoms with Crippen molar-refractivity contribution in [3.8, 4) is 11.5 Å². The van der Waals surface area contributed by atoms with Crippen LogP contribution in [0.25, 0.3) is 0 Å². The van der Waals surface area contributed by atoms with Crippen LogP contribution in [0, 0.1) is 5.92 Å². The largest absolute Gasteiger partial charge is 0.497 e. The van der Waals surface area contributed by atoms with Gasteiger partial charge in [-0.1, -0.05) is 6.07 Å². The van der Waals surface area contributed by atoms with E-state index in [9.17, 15) is 13.2 Å². The maximum absolute atomic E-state index is 12.5. The van der Waals surface area contributed by atoms with Gasteiger partial charge in [-0.05, 0) is 18.1 Å². The molecule has 1 aromatic carbocycles. The number of rotatable bonds is 2. The van der Waals surface area contributed by atoms with Crippen molar-refractivity contribution in [1.82, 2.24) is 4.90 Å². The van der Waals surface area contributed by atoms with Crippen molar-refractivity contribution in [2.75, 3.05) is 38.3 Å². The zero-order valence-corrected chi connectivity index (χ0v) is 13.3. The minimum Gasteiger partial charge on any atom is -0.497 e. The van der Waals surface area contributed by atoms with E-state index in [2.05, 4.69) is 0 Å². The first-order valence-corrected chi connectivity index (χ1v) is 9.09. The molecule has 120 valence electrons. The van der Waals surface area contributed by atoms with E-state index in [4.69, 9.17) is 9.47 Å². The third kappa shape index (κ3) is 3.04. The standard InChI is InChI=1S/C15H19NO5S/c1-20-13-3-2-11-8-12(10-21-14(11)9-13)15(17)16-4-6-22(18,19)7-5-16/h2-3,9,12H,4-8,10H2,1H3/t12-/m1/s1. The second-order valence-electron chi connectivity index (χ2n) is 5.66. The molecule has 0 N–H and O–H groups in total. The van der Waals surface area contributed by atoms with Gasteiger partial charge in [0.25, 0.3) is 0 Å². The third-order valence-electron chi connectivity index (χ3n) is 4.19. The quantitative estimate of drug-likeness (QED) is 0.792. The van der Waals surface area contributed by atoms with Crippen molar-refractivity contribution in [1.29, 1.82) is 0 Å². The molecule has 22 heavy (non-hydrogen) atoms. The molecule has 2 aliphatic rings. The van der Waals surface area contributed by atoms with E-state index in [0.29, 0.717) is 13.0 Å². The molecule has 0 aliphatic carbocycles. The zero-order valence-electron chi connectivity index (χ0n) is 12.4. The van der Waals surface area contributed by atoms with Gasteiger partial charge in [0.05, 0.1) is 24.5 Å². The second kappa shape index (κ2) is 5.79. The number of sulfone groups is 1. The van der Waals surface area contributed by atoms with Gasteiger partial charge in [-0.3, -0.25) is 4.79 Å². The van der Waals surface area contributed by atoms with E-state index in [1.54, 1.807) is 12.0 Å². The smallest absolute Gasteiger partial charge is 0.229 e. The number of nitrogens with zero attached hydrogens (tertiary/aromatic N) is 1. The number of hydrogen-bond acceptors (Lipinski definition) is 5. The molecule has 1 saturated heterocycles. The van der Waals surface area contributed by atoms with Gasteiger partial charge in [-0.25, -0.2) is 8.42 Å². The van der Waals surface area contributed by atoms with Crippen LogP contribution in [0.3, 0.4) is 0 Å². The summed E-state index contributed by atoms with van der Waals surface area (Å²) in [5.74, 6) is 1.33. The van der Waals surface area contributed by atoms with Gasteiger partial charge in [0.15, 0.2) is 9.84 Å². The maximum atomic E-state index is 12.5. The Morgan fingerprint density at radius 1 is 1.32 bits per heavy atom. The number of benzene rings is 1. The lowest BCUT2D eigenvalue weighted by Gasteiger charge is -2.32. The molecule has 3 rings (SSSR count). The molecule has 0 saturated carbocycles. The monoisotopic (exact) mass is 325 g/mol. The first kappa shape index (κ1) is 15.1. The lowest BCUT2D eigenvalue weighted by atomic mass is 9.95. The van der Waals surface area contributed by atoms with E-state index < -0.39 is 9.84 Å². The van der Waals surface area contributed by atoms with E-state index in [-0.39, 0.29) is 36.4 Å². The van der Waals surface area contributed by atoms with Gasteiger partial charge >= 0.3 is 0 Å². The van der Waals surface area contributed by atoms with Crippen molar-refractivity contribution in [3.05, 3.63) is 23.8 Å². The average Bonchev–Trinajstić information content (AvgIpc) is 2.53. The fourth-order valence-corrected chi connectivity index (χ4v) is 4.03. The normalized spacial score (nSPS) is 23.3. The summed E-state index contributed by atoms with van der Waals surface area (Å²) in [6.07, 6.45) is 0.613. The van der Waals surface area contributed by atoms with Crippen LogP contribution in [0.1, 0.15) is 5.56 Å². The lowest BCUT2D eigenvalue weighted by Crippen LogP contribution is -2.48. The summed E-state index contributed by atoms with van der Waals surface area (Å²) in [6, 6.07) is 5.58. The van der Waals surface area contributed by atoms with Crippen molar-refractivity contribution in [3.63, 3.8) is 0 Å². The molecule has 0 spiro atoms. The van der Waals surface area contributed by atoms with Gasteiger partial charge in [0.1, 0.15) is 18.1 Å². The first-order valence-electron chi connectivity index (χ1n) is 7.27. The topological polar surface area (TPSA) is 72.9 Å². The van der Waals surface area contributed by atoms with Crippen molar-refractivity contribution < 1.29 is 22.7 Å². The molecule has 2 heterocycles. The van der Waals surface area contributed by atoms with Crippen LogP contribution < -0.4 is 9.47 Å². The van der Waals surface area contributed by atoms with Gasteiger partial charge < -0.3 is 14.4 Å². The van der Waals surface area contributed by atoms with Crippen LogP contribution in [0.2, 0.25) is 0 Å². The van der Waals surface area contributed by atoms with E-state index >= 15 is 0 Å². The van der Waals surface area contributed by atoms with Crippen LogP contribution in [0.5, 0.6) is 11.5 Å². The second-order valence-corrected chi connectivity index (χ2v) is 7.97. The number of hydrogen-bond donors (Lipinski definition) is 0. The fourth-order valence-electron chi connectivity index (χ4n) is 2.83. The summed E-state index contributed by atoms with van der Waals surface area (Å²) in [4.78, 5) is 14.2. The van der Waals surface area contributed by atoms with E-state index in [1.807, 2.05) is 18.2 Å². The Kier molecular flexibility index (Phi) is 3.99. The predicted molar refractivity (Wildman–Crippen MR) is 80.9 cm³/mol. The lowest BCUT2D eigenvalue weighted by molar-refractivity contribution is -0.136. The molecule has 1 aromatic rings. The predicted octanol–water partition coefficient (Wildman–Crippen LogP) is 0.503. The Morgan fingerprint density at radius 3 is 2.73 bits per heavy atom. The number of amides is 1. The Hall–Kier alpha value is -1.76. The molecule has 1 atom stereocenters. The molecule has 6 nitrogen and oxygen atoms in total. The van der Waals surface area contributed by atoms with Crippen LogP contribution >= 0.6 is 0 Å². The summed E-state index contributed by atoms with van der Waals surface area (Å²) in [6.45, 7) is 0.891. The molecule has 1 fully saturated rings. The number of ether oxygens (including phenoxy) is 2. The van der Waals surface area contributed by atoms with Gasteiger partial charge in [-0.2, -0.15) is 0 Å². The first-order chi connectivity index (χ1) is 10.5. The molecule has 0 unspecified atom stereocenters. The van der Waals surface area contributed by atoms with Gasteiger partial charge in [0, 0.05) is 19.2 Å². The minimum atomic E-state index is -2.98. The van der Waals surface area contributed by atoms with Crippen molar-refractivity contribution >= 4 is 15.7 Å². The van der Waals surface area contributed by atoms with Crippen molar-refractivity contribution in [2.45, 2.75) is 6.42 Å². The highest BCUT2D eigenvalue weighted by Gasteiger charge is 2.32. The maximum Gasteiger partial charge on any atom is 0.229 e. The van der Waals surface area contributed by atoms with Gasteiger partial charge in [-0.15, -0.1) is 0 Å². The molecule has 1 amide bonds. The third-order valence-corrected chi connectivity index (χ3v) is 5.80. The molecule has 0 radical (unpaired) electrons. The fraction of sp³-hybridized carbons (Fsp3) is 0.533. The number of fused-ring (bicyclic) bond motifs is 1. The highest BCUT2D eigenvalue weighted by molar-refractivity contribution is 7.91. The van der Waals surface area contributed by atoms with Crippen LogP contribution in [0.15, 0.2) is 18.2 Å². The number of carbonyl (C=O) groups is 1. The SMILES string of the molecule is COc1ccc2c(c1)OC[C@H](C(=O)N1CCS(=O)(=O)CC1)C2. The number of methoxy groups -OCH3 is 1. The molecular formula is C15H19NO5S. The summed E-state index contributed by atoms with van der Waals surface area (Å²) < 4.78 is 33.7. The van der Waals surface area contributed by atoms with Crippen LogP contribution in [-0.4, -0.2) is 57.5 Å². The Balaban J connectivity index is 1.68. The van der Waals surface area contributed by atoms with E-state index in [1.165, 1.54) is 0 Å². The Labute approximate surface area is 129 Å². The average molecular weight is 325 g/mol. The molecule has 7 heteroatoms. The summed E-state index contributed by atoms with van der Waals surface area (Å²) in [7, 11) is -1.38. The highest BCUT2D eigenvalue weighted by atomic mass is 32.2. The molecular weight excluding hydrogens is 306 g/mol. The summed E-state index contributed by atoms with van der Waals surface area (Å²) in [5.41, 5.74) is 0.982. The summed E-state index contributed by atoms with van der Waals surface area (Å²) >= 11 is 0. The van der Waals surface area contributed by atoms with E-state index in [0.717, 1.165) is 17.1 Å². The molecule has 0 bridgehead atoms. The number of carbonyl (C=O) groups excluding carboxylic acids is 1. The van der Waals surface area contributed by atoms with Gasteiger partial charge in [0.2, 0.25) is 5.91 Å². The molecule has 2 aliphatic heterocycles. The Morgan fingerprint density at radius 2 is 2.05 bits per heavy atom.